The first-order valence-electron chi connectivity index (χ1n) is 2.74. The minimum atomic E-state index is -2.60. The van der Waals surface area contributed by atoms with Gasteiger partial charge in [0.25, 0.3) is 6.43 Å². The lowest BCUT2D eigenvalue weighted by atomic mass is 10.3. The molecule has 1 aromatic heterocycles. The molecule has 1 rings (SSSR count). The van der Waals surface area contributed by atoms with E-state index in [2.05, 4.69) is 20.9 Å². The monoisotopic (exact) mass is 223 g/mol. The molecule has 0 saturated carbocycles. The summed E-state index contributed by atoms with van der Waals surface area (Å²) < 4.78 is 24.3. The first-order chi connectivity index (χ1) is 5.11. The second-order valence-corrected chi connectivity index (χ2v) is 2.72. The summed E-state index contributed by atoms with van der Waals surface area (Å²) in [7, 11) is 0. The van der Waals surface area contributed by atoms with Gasteiger partial charge in [-0.2, -0.15) is 0 Å². The van der Waals surface area contributed by atoms with Crippen LogP contribution in [0.4, 0.5) is 8.78 Å². The van der Waals surface area contributed by atoms with Gasteiger partial charge >= 0.3 is 0 Å². The third kappa shape index (κ3) is 1.86. The van der Waals surface area contributed by atoms with E-state index in [1.54, 1.807) is 0 Å². The van der Waals surface area contributed by atoms with Crippen molar-refractivity contribution in [3.8, 4) is 5.88 Å². The summed E-state index contributed by atoms with van der Waals surface area (Å²) in [5.41, 5.74) is -0.252. The van der Waals surface area contributed by atoms with Crippen LogP contribution in [0.5, 0.6) is 5.88 Å². The molecule has 0 aromatic carbocycles. The molecule has 5 heteroatoms. The third-order valence-corrected chi connectivity index (χ3v) is 1.77. The van der Waals surface area contributed by atoms with E-state index >= 15 is 0 Å². The van der Waals surface area contributed by atoms with Crippen molar-refractivity contribution in [2.45, 2.75) is 6.43 Å². The lowest BCUT2D eigenvalue weighted by molar-refractivity contribution is 0.150. The average Bonchev–Trinajstić information content (AvgIpc) is 1.94. The Morgan fingerprint density at radius 3 is 2.64 bits per heavy atom. The molecule has 60 valence electrons. The molecule has 0 unspecified atom stereocenters. The summed E-state index contributed by atoms with van der Waals surface area (Å²) in [6, 6.07) is 0.925. The van der Waals surface area contributed by atoms with E-state index in [0.29, 0.717) is 0 Å². The predicted molar refractivity (Wildman–Crippen MR) is 38.6 cm³/mol. The van der Waals surface area contributed by atoms with Crippen molar-refractivity contribution in [2.75, 3.05) is 0 Å². The zero-order valence-corrected chi connectivity index (χ0v) is 6.85. The highest BCUT2D eigenvalue weighted by Gasteiger charge is 2.12. The molecule has 0 atom stereocenters. The van der Waals surface area contributed by atoms with Gasteiger partial charge < -0.3 is 5.11 Å². The van der Waals surface area contributed by atoms with Crippen LogP contribution in [0.1, 0.15) is 12.0 Å². The lowest BCUT2D eigenvalue weighted by Gasteiger charge is -2.01. The molecule has 0 spiro atoms. The van der Waals surface area contributed by atoms with Gasteiger partial charge in [-0.05, 0) is 15.9 Å². The number of hydrogen-bond acceptors (Lipinski definition) is 2. The highest BCUT2D eigenvalue weighted by molar-refractivity contribution is 9.10. The van der Waals surface area contributed by atoms with E-state index in [-0.39, 0.29) is 10.0 Å². The van der Waals surface area contributed by atoms with E-state index in [1.807, 2.05) is 0 Å². The summed E-state index contributed by atoms with van der Waals surface area (Å²) >= 11 is 2.88. The average molecular weight is 224 g/mol. The maximum atomic E-state index is 12.0. The highest BCUT2D eigenvalue weighted by atomic mass is 79.9. The summed E-state index contributed by atoms with van der Waals surface area (Å²) in [6.07, 6.45) is -1.46. The van der Waals surface area contributed by atoms with Gasteiger partial charge in [-0.25, -0.2) is 13.8 Å². The van der Waals surface area contributed by atoms with Crippen molar-refractivity contribution in [1.29, 1.82) is 0 Å². The van der Waals surface area contributed by atoms with Crippen LogP contribution in [0.2, 0.25) is 0 Å². The van der Waals surface area contributed by atoms with Crippen LogP contribution in [-0.4, -0.2) is 10.1 Å². The Hall–Kier alpha value is -0.710. The van der Waals surface area contributed by atoms with Gasteiger partial charge in [-0.15, -0.1) is 0 Å². The zero-order chi connectivity index (χ0) is 8.43. The van der Waals surface area contributed by atoms with E-state index < -0.39 is 12.3 Å². The SMILES string of the molecule is Oc1cc(C(F)F)c(Br)cn1. The molecule has 11 heavy (non-hydrogen) atoms. The van der Waals surface area contributed by atoms with Crippen molar-refractivity contribution in [3.63, 3.8) is 0 Å². The molecular formula is C6H4BrF2NO. The van der Waals surface area contributed by atoms with Crippen LogP contribution in [-0.2, 0) is 0 Å². The summed E-state index contributed by atoms with van der Waals surface area (Å²) in [5.74, 6) is -0.400. The van der Waals surface area contributed by atoms with Crippen LogP contribution >= 0.6 is 15.9 Å². The van der Waals surface area contributed by atoms with Crippen molar-refractivity contribution < 1.29 is 13.9 Å². The maximum absolute atomic E-state index is 12.0. The molecular weight excluding hydrogens is 220 g/mol. The first-order valence-corrected chi connectivity index (χ1v) is 3.53. The maximum Gasteiger partial charge on any atom is 0.265 e. The quantitative estimate of drug-likeness (QED) is 0.794. The van der Waals surface area contributed by atoms with Crippen LogP contribution in [0, 0.1) is 0 Å². The molecule has 1 aromatic rings. The van der Waals surface area contributed by atoms with E-state index in [0.717, 1.165) is 12.3 Å². The molecule has 0 aliphatic heterocycles. The fraction of sp³-hybridized carbons (Fsp3) is 0.167. The Labute approximate surface area is 70.0 Å². The highest BCUT2D eigenvalue weighted by Crippen LogP contribution is 2.28. The minimum absolute atomic E-state index is 0.199. The molecule has 1 heterocycles. The van der Waals surface area contributed by atoms with Crippen molar-refractivity contribution in [2.24, 2.45) is 0 Å². The Balaban J connectivity index is 3.13. The number of hydrogen-bond donors (Lipinski definition) is 1. The number of halogens is 3. The first kappa shape index (κ1) is 8.39. The van der Waals surface area contributed by atoms with E-state index in [9.17, 15) is 8.78 Å². The fourth-order valence-electron chi connectivity index (χ4n) is 0.610. The molecule has 2 nitrogen and oxygen atoms in total. The largest absolute Gasteiger partial charge is 0.493 e. The second kappa shape index (κ2) is 3.13. The number of pyridine rings is 1. The van der Waals surface area contributed by atoms with Crippen molar-refractivity contribution in [3.05, 3.63) is 22.3 Å². The lowest BCUT2D eigenvalue weighted by Crippen LogP contribution is -1.87. The van der Waals surface area contributed by atoms with Crippen molar-refractivity contribution in [1.82, 2.24) is 4.98 Å². The number of nitrogens with zero attached hydrogens (tertiary/aromatic N) is 1. The predicted octanol–water partition coefficient (Wildman–Crippen LogP) is 2.49. The summed E-state index contributed by atoms with van der Waals surface area (Å²) in [6.45, 7) is 0. The van der Waals surface area contributed by atoms with Crippen molar-refractivity contribution >= 4 is 15.9 Å². The number of aromatic nitrogens is 1. The normalized spacial score (nSPS) is 10.5. The van der Waals surface area contributed by atoms with E-state index in [4.69, 9.17) is 5.11 Å². The molecule has 0 saturated heterocycles. The molecule has 0 aliphatic carbocycles. The van der Waals surface area contributed by atoms with Gasteiger partial charge in [-0.1, -0.05) is 0 Å². The summed E-state index contributed by atoms with van der Waals surface area (Å²) in [5, 5.41) is 8.72. The third-order valence-electron chi connectivity index (χ3n) is 1.11. The van der Waals surface area contributed by atoms with Crippen LogP contribution in [0.25, 0.3) is 0 Å². The molecule has 0 aliphatic rings. The summed E-state index contributed by atoms with van der Waals surface area (Å²) in [4.78, 5) is 3.40. The Bertz CT molecular complexity index is 267. The standard InChI is InChI=1S/C6H4BrF2NO/c7-4-2-10-5(11)1-3(4)6(8)9/h1-2,6H,(H,10,11). The Morgan fingerprint density at radius 1 is 1.55 bits per heavy atom. The smallest absolute Gasteiger partial charge is 0.265 e. The molecule has 0 amide bonds. The van der Waals surface area contributed by atoms with Gasteiger partial charge in [0.1, 0.15) is 0 Å². The van der Waals surface area contributed by atoms with Crippen LogP contribution in [0.15, 0.2) is 16.7 Å². The number of aromatic hydroxyl groups is 1. The van der Waals surface area contributed by atoms with Gasteiger partial charge in [0.2, 0.25) is 5.88 Å². The van der Waals surface area contributed by atoms with Gasteiger partial charge in [0.15, 0.2) is 0 Å². The Morgan fingerprint density at radius 2 is 2.18 bits per heavy atom. The topological polar surface area (TPSA) is 33.1 Å². The zero-order valence-electron chi connectivity index (χ0n) is 5.26. The molecule has 0 bridgehead atoms. The van der Waals surface area contributed by atoms with Gasteiger partial charge in [-0.3, -0.25) is 0 Å². The second-order valence-electron chi connectivity index (χ2n) is 1.86. The van der Waals surface area contributed by atoms with Gasteiger partial charge in [0, 0.05) is 22.3 Å². The fourth-order valence-corrected chi connectivity index (χ4v) is 1.000. The number of rotatable bonds is 1. The molecule has 1 N–H and O–H groups in total. The van der Waals surface area contributed by atoms with Crippen LogP contribution < -0.4 is 0 Å². The molecule has 0 radical (unpaired) electrons. The Kier molecular flexibility index (Phi) is 2.38. The number of alkyl halides is 2. The van der Waals surface area contributed by atoms with Gasteiger partial charge in [0.05, 0.1) is 0 Å². The molecule has 0 fully saturated rings. The van der Waals surface area contributed by atoms with E-state index in [1.165, 1.54) is 0 Å². The minimum Gasteiger partial charge on any atom is -0.493 e. The van der Waals surface area contributed by atoms with Crippen LogP contribution in [0.3, 0.4) is 0 Å².